The van der Waals surface area contributed by atoms with E-state index in [1.54, 1.807) is 6.08 Å². The Morgan fingerprint density at radius 2 is 0.714 bits per heavy atom. The molecule has 0 fully saturated rings. The lowest BCUT2D eigenvalue weighted by molar-refractivity contribution is -0.123. The Bertz CT molecular complexity index is 1260. The Morgan fingerprint density at radius 1 is 0.397 bits per heavy atom. The van der Waals surface area contributed by atoms with Crippen molar-refractivity contribution in [1.82, 2.24) is 5.32 Å². The molecule has 0 aromatic heterocycles. The zero-order valence-electron chi connectivity index (χ0n) is 41.0. The van der Waals surface area contributed by atoms with Crippen LogP contribution in [0, 0.1) is 0 Å². The molecule has 2 atom stereocenters. The highest BCUT2D eigenvalue weighted by Crippen LogP contribution is 2.14. The SMILES string of the molecule is CC/C=C\C/C=C\C/C=C\C/C=C\C/C=C\C/C=C\C/C=C\C/C=C\CCCCCCCCCCCCCCC(=O)NC(CO)C(O)/C=C/CC/C=C/CCCCCCCCCC. The minimum absolute atomic E-state index is 0.0815. The summed E-state index contributed by atoms with van der Waals surface area (Å²) in [5.74, 6) is -0.0815. The van der Waals surface area contributed by atoms with E-state index in [0.29, 0.717) is 6.42 Å². The summed E-state index contributed by atoms with van der Waals surface area (Å²) in [5.41, 5.74) is 0. The molecule has 0 aromatic carbocycles. The molecule has 0 radical (unpaired) electrons. The van der Waals surface area contributed by atoms with Gasteiger partial charge in [0.25, 0.3) is 0 Å². The van der Waals surface area contributed by atoms with E-state index in [1.807, 2.05) is 6.08 Å². The number of hydrogen-bond donors (Lipinski definition) is 3. The molecule has 0 saturated heterocycles. The molecular weight excluding hydrogens is 771 g/mol. The van der Waals surface area contributed by atoms with Crippen LogP contribution in [0.1, 0.15) is 226 Å². The number of hydrogen-bond acceptors (Lipinski definition) is 3. The van der Waals surface area contributed by atoms with Crippen molar-refractivity contribution in [2.45, 2.75) is 238 Å². The third kappa shape index (κ3) is 49.7. The Balaban J connectivity index is 3.60. The molecule has 0 aliphatic heterocycles. The molecule has 0 aliphatic rings. The van der Waals surface area contributed by atoms with Crippen molar-refractivity contribution in [2.24, 2.45) is 0 Å². The van der Waals surface area contributed by atoms with Gasteiger partial charge >= 0.3 is 0 Å². The number of unbranched alkanes of at least 4 members (excludes halogenated alkanes) is 21. The van der Waals surface area contributed by atoms with Crippen molar-refractivity contribution in [3.8, 4) is 0 Å². The molecule has 358 valence electrons. The fourth-order valence-electron chi connectivity index (χ4n) is 7.21. The predicted molar refractivity (Wildman–Crippen MR) is 280 cm³/mol. The van der Waals surface area contributed by atoms with E-state index in [-0.39, 0.29) is 12.5 Å². The molecule has 0 rings (SSSR count). The molecule has 4 nitrogen and oxygen atoms in total. The normalized spacial score (nSPS) is 13.9. The predicted octanol–water partition coefficient (Wildman–Crippen LogP) is 17.3. The van der Waals surface area contributed by atoms with E-state index in [0.717, 1.165) is 83.5 Å². The van der Waals surface area contributed by atoms with Crippen LogP contribution in [0.5, 0.6) is 0 Å². The highest BCUT2D eigenvalue weighted by Gasteiger charge is 2.17. The molecule has 3 N–H and O–H groups in total. The van der Waals surface area contributed by atoms with Crippen molar-refractivity contribution in [1.29, 1.82) is 0 Å². The first-order chi connectivity index (χ1) is 31.2. The highest BCUT2D eigenvalue weighted by molar-refractivity contribution is 5.76. The number of allylic oxidation sites excluding steroid dienone is 19. The summed E-state index contributed by atoms with van der Waals surface area (Å²) in [6.07, 6.45) is 81.9. The molecule has 0 aromatic rings. The van der Waals surface area contributed by atoms with Crippen molar-refractivity contribution < 1.29 is 15.0 Å². The van der Waals surface area contributed by atoms with Crippen molar-refractivity contribution in [3.05, 3.63) is 122 Å². The van der Waals surface area contributed by atoms with Crippen LogP contribution in [0.3, 0.4) is 0 Å². The second kappa shape index (κ2) is 53.1. The maximum atomic E-state index is 12.4. The second-order valence-electron chi connectivity index (χ2n) is 17.2. The van der Waals surface area contributed by atoms with Crippen LogP contribution < -0.4 is 5.32 Å². The van der Waals surface area contributed by atoms with Gasteiger partial charge < -0.3 is 15.5 Å². The van der Waals surface area contributed by atoms with Crippen molar-refractivity contribution in [2.75, 3.05) is 6.61 Å². The number of carbonyl (C=O) groups is 1. The highest BCUT2D eigenvalue weighted by atomic mass is 16.3. The summed E-state index contributed by atoms with van der Waals surface area (Å²) in [6, 6.07) is -0.647. The van der Waals surface area contributed by atoms with Crippen molar-refractivity contribution in [3.63, 3.8) is 0 Å². The molecule has 0 spiro atoms. The van der Waals surface area contributed by atoms with Gasteiger partial charge in [-0.25, -0.2) is 0 Å². The first kappa shape index (κ1) is 59.8. The summed E-state index contributed by atoms with van der Waals surface area (Å²) in [7, 11) is 0. The minimum atomic E-state index is -0.869. The monoisotopic (exact) mass is 870 g/mol. The molecular formula is C59H99NO3. The Labute approximate surface area is 390 Å². The number of aliphatic hydroxyl groups excluding tert-OH is 2. The molecule has 0 heterocycles. The van der Waals surface area contributed by atoms with Crippen LogP contribution >= 0.6 is 0 Å². The fourth-order valence-corrected chi connectivity index (χ4v) is 7.21. The molecule has 63 heavy (non-hydrogen) atoms. The first-order valence-corrected chi connectivity index (χ1v) is 26.2. The minimum Gasteiger partial charge on any atom is -0.394 e. The Hall–Kier alpha value is -3.21. The second-order valence-corrected chi connectivity index (χ2v) is 17.2. The molecule has 1 amide bonds. The van der Waals surface area contributed by atoms with Gasteiger partial charge in [-0.1, -0.05) is 245 Å². The molecule has 0 bridgehead atoms. The summed E-state index contributed by atoms with van der Waals surface area (Å²) in [5, 5.41) is 23.0. The Morgan fingerprint density at radius 3 is 1.11 bits per heavy atom. The maximum absolute atomic E-state index is 12.4. The summed E-state index contributed by atoms with van der Waals surface area (Å²) in [4.78, 5) is 12.4. The van der Waals surface area contributed by atoms with E-state index in [2.05, 4.69) is 129 Å². The quantitative estimate of drug-likeness (QED) is 0.0422. The lowest BCUT2D eigenvalue weighted by Crippen LogP contribution is -2.45. The third-order valence-electron chi connectivity index (χ3n) is 11.2. The number of nitrogens with one attached hydrogen (secondary N) is 1. The number of carbonyl (C=O) groups excluding carboxylic acids is 1. The standard InChI is InChI=1S/C59H99NO3/c1-3-5-7-9-11-13-15-17-19-20-21-22-23-24-25-26-27-28-29-30-31-32-33-34-35-36-37-38-39-40-41-43-45-47-49-51-53-55-59(63)60-57(56-61)58(62)54-52-50-48-46-44-42-18-16-14-12-10-8-6-4-2/h5,7,11,13,17,19,21-22,24-25,27-28,30-31,33-34,44,46,52,54,57-58,61-62H,3-4,6,8-10,12,14-16,18,20,23,26,29,32,35-43,45,47-51,53,55-56H2,1-2H3,(H,60,63)/b7-5-,13-11-,19-17-,22-21-,25-24-,28-27-,31-30-,34-33-,46-44+,54-52+. The molecule has 2 unspecified atom stereocenters. The van der Waals surface area contributed by atoms with Gasteiger partial charge in [0.05, 0.1) is 18.8 Å². The number of rotatable bonds is 46. The average Bonchev–Trinajstić information content (AvgIpc) is 3.29. The van der Waals surface area contributed by atoms with Crippen LogP contribution in [0.25, 0.3) is 0 Å². The first-order valence-electron chi connectivity index (χ1n) is 26.2. The van der Waals surface area contributed by atoms with Gasteiger partial charge in [-0.15, -0.1) is 0 Å². The maximum Gasteiger partial charge on any atom is 0.220 e. The fraction of sp³-hybridized carbons (Fsp3) is 0.644. The summed E-state index contributed by atoms with van der Waals surface area (Å²) in [6.45, 7) is 4.16. The van der Waals surface area contributed by atoms with Crippen LogP contribution in [-0.4, -0.2) is 34.9 Å². The largest absolute Gasteiger partial charge is 0.394 e. The van der Waals surface area contributed by atoms with Gasteiger partial charge in [-0.05, 0) is 96.3 Å². The summed E-state index contributed by atoms with van der Waals surface area (Å²) >= 11 is 0. The summed E-state index contributed by atoms with van der Waals surface area (Å²) < 4.78 is 0. The van der Waals surface area contributed by atoms with Crippen LogP contribution in [0.2, 0.25) is 0 Å². The van der Waals surface area contributed by atoms with E-state index in [9.17, 15) is 15.0 Å². The average molecular weight is 870 g/mol. The lowest BCUT2D eigenvalue weighted by atomic mass is 10.0. The van der Waals surface area contributed by atoms with Gasteiger partial charge in [-0.3, -0.25) is 4.79 Å². The van der Waals surface area contributed by atoms with Gasteiger partial charge in [0.2, 0.25) is 5.91 Å². The van der Waals surface area contributed by atoms with Gasteiger partial charge in [0, 0.05) is 6.42 Å². The van der Waals surface area contributed by atoms with Crippen LogP contribution in [0.4, 0.5) is 0 Å². The zero-order chi connectivity index (χ0) is 45.6. The van der Waals surface area contributed by atoms with Crippen molar-refractivity contribution >= 4 is 5.91 Å². The molecule has 0 aliphatic carbocycles. The number of amides is 1. The lowest BCUT2D eigenvalue weighted by Gasteiger charge is -2.19. The van der Waals surface area contributed by atoms with Gasteiger partial charge in [0.15, 0.2) is 0 Å². The van der Waals surface area contributed by atoms with E-state index in [1.165, 1.54) is 122 Å². The van der Waals surface area contributed by atoms with Crippen LogP contribution in [-0.2, 0) is 4.79 Å². The number of aliphatic hydroxyl groups is 2. The van der Waals surface area contributed by atoms with Gasteiger partial charge in [-0.2, -0.15) is 0 Å². The molecule has 0 saturated carbocycles. The Kier molecular flexibility index (Phi) is 50.4. The smallest absolute Gasteiger partial charge is 0.220 e. The van der Waals surface area contributed by atoms with Crippen LogP contribution in [0.15, 0.2) is 122 Å². The van der Waals surface area contributed by atoms with E-state index in [4.69, 9.17) is 0 Å². The van der Waals surface area contributed by atoms with E-state index >= 15 is 0 Å². The van der Waals surface area contributed by atoms with E-state index < -0.39 is 12.1 Å². The topological polar surface area (TPSA) is 69.6 Å². The zero-order valence-corrected chi connectivity index (χ0v) is 41.0. The third-order valence-corrected chi connectivity index (χ3v) is 11.2. The molecule has 4 heteroatoms. The van der Waals surface area contributed by atoms with Gasteiger partial charge in [0.1, 0.15) is 0 Å².